The smallest absolute Gasteiger partial charge is 0.259 e. The number of rotatable bonds is 5. The lowest BCUT2D eigenvalue weighted by Crippen LogP contribution is -2.35. The van der Waals surface area contributed by atoms with Crippen LogP contribution >= 0.6 is 23.2 Å². The maximum atomic E-state index is 11.9. The van der Waals surface area contributed by atoms with E-state index in [4.69, 9.17) is 27.6 Å². The molecular formula is C15H13Cl2N3O3. The van der Waals surface area contributed by atoms with Crippen molar-refractivity contribution < 1.29 is 14.0 Å². The Balaban J connectivity index is 1.82. The first-order valence-electron chi connectivity index (χ1n) is 6.57. The Labute approximate surface area is 142 Å². The van der Waals surface area contributed by atoms with Crippen molar-refractivity contribution in [2.45, 2.75) is 6.92 Å². The predicted molar refractivity (Wildman–Crippen MR) is 88.0 cm³/mol. The minimum Gasteiger partial charge on any atom is -0.460 e. The van der Waals surface area contributed by atoms with Crippen LogP contribution in [-0.2, 0) is 4.79 Å². The molecule has 2 aromatic rings. The number of amides is 2. The van der Waals surface area contributed by atoms with E-state index >= 15 is 0 Å². The SMILES string of the molecule is Cc1ccc(/C=N\NC(=O)CNC(=O)c2ccc(Cl)cc2Cl)o1. The van der Waals surface area contributed by atoms with Crippen molar-refractivity contribution >= 4 is 41.2 Å². The molecule has 0 aliphatic rings. The number of nitrogens with one attached hydrogen (secondary N) is 2. The van der Waals surface area contributed by atoms with Gasteiger partial charge in [-0.1, -0.05) is 23.2 Å². The Morgan fingerprint density at radius 3 is 2.70 bits per heavy atom. The van der Waals surface area contributed by atoms with Crippen LogP contribution in [0, 0.1) is 6.92 Å². The molecule has 8 heteroatoms. The highest BCUT2D eigenvalue weighted by molar-refractivity contribution is 6.36. The Morgan fingerprint density at radius 1 is 1.26 bits per heavy atom. The van der Waals surface area contributed by atoms with Gasteiger partial charge in [-0.15, -0.1) is 0 Å². The van der Waals surface area contributed by atoms with E-state index in [0.717, 1.165) is 5.76 Å². The third kappa shape index (κ3) is 5.12. The average Bonchev–Trinajstić information content (AvgIpc) is 2.90. The molecule has 0 atom stereocenters. The predicted octanol–water partition coefficient (Wildman–Crippen LogP) is 2.77. The monoisotopic (exact) mass is 353 g/mol. The number of hydrogen-bond donors (Lipinski definition) is 2. The summed E-state index contributed by atoms with van der Waals surface area (Å²) in [5.41, 5.74) is 2.51. The number of nitrogens with zero attached hydrogens (tertiary/aromatic N) is 1. The minimum atomic E-state index is -0.483. The summed E-state index contributed by atoms with van der Waals surface area (Å²) >= 11 is 11.7. The van der Waals surface area contributed by atoms with Gasteiger partial charge in [0.2, 0.25) is 0 Å². The fraction of sp³-hybridized carbons (Fsp3) is 0.133. The summed E-state index contributed by atoms with van der Waals surface area (Å²) in [5, 5.41) is 6.79. The fourth-order valence-corrected chi connectivity index (χ4v) is 2.15. The van der Waals surface area contributed by atoms with Gasteiger partial charge in [0.05, 0.1) is 23.3 Å². The van der Waals surface area contributed by atoms with Crippen LogP contribution in [0.2, 0.25) is 10.0 Å². The van der Waals surface area contributed by atoms with E-state index in [2.05, 4.69) is 15.8 Å². The summed E-state index contributed by atoms with van der Waals surface area (Å²) in [6.07, 6.45) is 1.36. The summed E-state index contributed by atoms with van der Waals surface area (Å²) in [6, 6.07) is 7.97. The van der Waals surface area contributed by atoms with Crippen LogP contribution in [0.4, 0.5) is 0 Å². The highest BCUT2D eigenvalue weighted by Crippen LogP contribution is 2.20. The molecule has 2 N–H and O–H groups in total. The third-order valence-corrected chi connectivity index (χ3v) is 3.28. The Kier molecular flexibility index (Phi) is 5.78. The molecule has 2 rings (SSSR count). The molecule has 2 amide bonds. The lowest BCUT2D eigenvalue weighted by Gasteiger charge is -2.06. The summed E-state index contributed by atoms with van der Waals surface area (Å²) in [6.45, 7) is 1.56. The molecule has 23 heavy (non-hydrogen) atoms. The molecule has 0 fully saturated rings. The average molecular weight is 354 g/mol. The number of furan rings is 1. The molecule has 0 aliphatic heterocycles. The van der Waals surface area contributed by atoms with Crippen molar-refractivity contribution in [2.24, 2.45) is 5.10 Å². The van der Waals surface area contributed by atoms with Crippen molar-refractivity contribution in [3.63, 3.8) is 0 Å². The van der Waals surface area contributed by atoms with Gasteiger partial charge in [0, 0.05) is 5.02 Å². The van der Waals surface area contributed by atoms with Crippen molar-refractivity contribution in [2.75, 3.05) is 6.54 Å². The Bertz CT molecular complexity index is 756. The number of aryl methyl sites for hydroxylation is 1. The summed E-state index contributed by atoms with van der Waals surface area (Å²) in [5.74, 6) is 0.292. The minimum absolute atomic E-state index is 0.210. The summed E-state index contributed by atoms with van der Waals surface area (Å²) in [7, 11) is 0. The number of halogens is 2. The van der Waals surface area contributed by atoms with Crippen molar-refractivity contribution in [3.05, 3.63) is 57.5 Å². The Morgan fingerprint density at radius 2 is 2.04 bits per heavy atom. The van der Waals surface area contributed by atoms with Crippen molar-refractivity contribution in [1.29, 1.82) is 0 Å². The molecule has 0 aliphatic carbocycles. The third-order valence-electron chi connectivity index (χ3n) is 2.73. The van der Waals surface area contributed by atoms with E-state index in [0.29, 0.717) is 10.8 Å². The van der Waals surface area contributed by atoms with Gasteiger partial charge < -0.3 is 9.73 Å². The Hall–Kier alpha value is -2.31. The molecule has 0 saturated heterocycles. The van der Waals surface area contributed by atoms with Crippen molar-refractivity contribution in [1.82, 2.24) is 10.7 Å². The first kappa shape index (κ1) is 17.1. The van der Waals surface area contributed by atoms with Crippen molar-refractivity contribution in [3.8, 4) is 0 Å². The van der Waals surface area contributed by atoms with E-state index in [1.54, 1.807) is 19.1 Å². The molecule has 0 spiro atoms. The zero-order valence-corrected chi connectivity index (χ0v) is 13.6. The van der Waals surface area contributed by atoms with E-state index < -0.39 is 11.8 Å². The van der Waals surface area contributed by atoms with Crippen LogP contribution in [0.1, 0.15) is 21.9 Å². The molecule has 0 unspecified atom stereocenters. The van der Waals surface area contributed by atoms with Gasteiger partial charge in [0.25, 0.3) is 11.8 Å². The van der Waals surface area contributed by atoms with Gasteiger partial charge in [0.15, 0.2) is 0 Å². The van der Waals surface area contributed by atoms with Crippen LogP contribution in [0.25, 0.3) is 0 Å². The normalized spacial score (nSPS) is 10.7. The molecule has 1 aromatic carbocycles. The second-order valence-electron chi connectivity index (χ2n) is 4.55. The van der Waals surface area contributed by atoms with E-state index in [1.807, 2.05) is 0 Å². The highest BCUT2D eigenvalue weighted by atomic mass is 35.5. The topological polar surface area (TPSA) is 83.7 Å². The molecule has 0 radical (unpaired) electrons. The highest BCUT2D eigenvalue weighted by Gasteiger charge is 2.11. The number of carbonyl (C=O) groups excluding carboxylic acids is 2. The van der Waals surface area contributed by atoms with Gasteiger partial charge >= 0.3 is 0 Å². The zero-order chi connectivity index (χ0) is 16.8. The van der Waals surface area contributed by atoms with E-state index in [1.165, 1.54) is 24.4 Å². The molecule has 0 bridgehead atoms. The van der Waals surface area contributed by atoms with Crippen LogP contribution in [0.15, 0.2) is 39.9 Å². The molecule has 1 aromatic heterocycles. The maximum absolute atomic E-state index is 11.9. The first-order chi connectivity index (χ1) is 11.0. The molecule has 6 nitrogen and oxygen atoms in total. The summed E-state index contributed by atoms with van der Waals surface area (Å²) < 4.78 is 5.25. The van der Waals surface area contributed by atoms with Gasteiger partial charge in [-0.3, -0.25) is 9.59 Å². The number of carbonyl (C=O) groups is 2. The zero-order valence-electron chi connectivity index (χ0n) is 12.1. The number of hydrazone groups is 1. The van der Waals surface area contributed by atoms with Gasteiger partial charge in [-0.2, -0.15) is 5.10 Å². The molecule has 120 valence electrons. The molecular weight excluding hydrogens is 341 g/mol. The fourth-order valence-electron chi connectivity index (χ4n) is 1.66. The van der Waals surface area contributed by atoms with Crippen LogP contribution in [0.3, 0.4) is 0 Å². The van der Waals surface area contributed by atoms with Gasteiger partial charge in [-0.25, -0.2) is 5.43 Å². The quantitative estimate of drug-likeness (QED) is 0.640. The standard InChI is InChI=1S/C15H13Cl2N3O3/c1-9-2-4-11(23-9)7-19-20-14(21)8-18-15(22)12-5-3-10(16)6-13(12)17/h2-7H,8H2,1H3,(H,18,22)(H,20,21)/b19-7-. The number of hydrogen-bond acceptors (Lipinski definition) is 4. The van der Waals surface area contributed by atoms with Crippen LogP contribution in [-0.4, -0.2) is 24.6 Å². The second-order valence-corrected chi connectivity index (χ2v) is 5.39. The molecule has 1 heterocycles. The van der Waals surface area contributed by atoms with E-state index in [9.17, 15) is 9.59 Å². The lowest BCUT2D eigenvalue weighted by atomic mass is 10.2. The van der Waals surface area contributed by atoms with Crippen LogP contribution in [0.5, 0.6) is 0 Å². The number of benzene rings is 1. The largest absolute Gasteiger partial charge is 0.460 e. The summed E-state index contributed by atoms with van der Waals surface area (Å²) in [4.78, 5) is 23.5. The van der Waals surface area contributed by atoms with Crippen LogP contribution < -0.4 is 10.7 Å². The van der Waals surface area contributed by atoms with Gasteiger partial charge in [0.1, 0.15) is 11.5 Å². The second kappa shape index (κ2) is 7.80. The van der Waals surface area contributed by atoms with Gasteiger partial charge in [-0.05, 0) is 37.3 Å². The lowest BCUT2D eigenvalue weighted by molar-refractivity contribution is -0.120. The maximum Gasteiger partial charge on any atom is 0.259 e. The van der Waals surface area contributed by atoms with E-state index in [-0.39, 0.29) is 17.1 Å². The first-order valence-corrected chi connectivity index (χ1v) is 7.33. The molecule has 0 saturated carbocycles.